The van der Waals surface area contributed by atoms with E-state index in [1.807, 2.05) is 0 Å². The molecule has 1 atom stereocenters. The molecule has 176 valence electrons. The molecular weight excluding hydrogens is 477 g/mol. The predicted molar refractivity (Wildman–Crippen MR) is 107 cm³/mol. The lowest BCUT2D eigenvalue weighted by Gasteiger charge is -2.24. The summed E-state index contributed by atoms with van der Waals surface area (Å²) in [5.74, 6) is -1.65. The van der Waals surface area contributed by atoms with Crippen molar-refractivity contribution in [3.8, 4) is 0 Å². The van der Waals surface area contributed by atoms with Crippen LogP contribution in [0.1, 0.15) is 34.3 Å². The third kappa shape index (κ3) is 5.11. The number of ether oxygens (including phenoxy) is 1. The van der Waals surface area contributed by atoms with Gasteiger partial charge in [-0.1, -0.05) is 11.3 Å². The number of carbonyl (C=O) groups is 1. The summed E-state index contributed by atoms with van der Waals surface area (Å²) in [5, 5.41) is 0.0158. The minimum Gasteiger partial charge on any atom is -0.376 e. The monoisotopic (exact) mass is 492 g/mol. The maximum atomic E-state index is 13.6. The van der Waals surface area contributed by atoms with Crippen LogP contribution in [-0.2, 0) is 17.1 Å². The van der Waals surface area contributed by atoms with Crippen LogP contribution < -0.4 is 4.90 Å². The van der Waals surface area contributed by atoms with Gasteiger partial charge in [0, 0.05) is 12.2 Å². The molecule has 1 fully saturated rings. The van der Waals surface area contributed by atoms with Crippen molar-refractivity contribution < 1.29 is 40.3 Å². The van der Waals surface area contributed by atoms with Crippen LogP contribution in [0.2, 0.25) is 0 Å². The highest BCUT2D eigenvalue weighted by atomic mass is 32.1. The number of anilines is 1. The Morgan fingerprint density at radius 1 is 1.06 bits per heavy atom. The number of hydrogen-bond donors (Lipinski definition) is 0. The molecule has 12 heteroatoms. The highest BCUT2D eigenvalue weighted by Gasteiger charge is 2.38. The number of fused-ring (bicyclic) bond motifs is 1. The van der Waals surface area contributed by atoms with Gasteiger partial charge in [0.15, 0.2) is 5.13 Å². The molecule has 0 saturated carbocycles. The zero-order valence-corrected chi connectivity index (χ0v) is 17.5. The smallest absolute Gasteiger partial charge is 0.376 e. The van der Waals surface area contributed by atoms with E-state index in [1.165, 1.54) is 12.1 Å². The van der Waals surface area contributed by atoms with Crippen molar-refractivity contribution in [3.05, 3.63) is 58.9 Å². The van der Waals surface area contributed by atoms with Crippen LogP contribution in [0, 0.1) is 5.82 Å². The molecule has 1 aliphatic rings. The largest absolute Gasteiger partial charge is 0.416 e. The van der Waals surface area contributed by atoms with Gasteiger partial charge in [0.05, 0.1) is 34.0 Å². The number of alkyl halides is 6. The molecule has 1 aromatic heterocycles. The lowest BCUT2D eigenvalue weighted by atomic mass is 10.0. The van der Waals surface area contributed by atoms with Crippen molar-refractivity contribution in [2.24, 2.45) is 0 Å². The van der Waals surface area contributed by atoms with E-state index in [9.17, 15) is 35.5 Å². The molecule has 0 N–H and O–H groups in total. The van der Waals surface area contributed by atoms with Gasteiger partial charge in [-0.05, 0) is 49.2 Å². The van der Waals surface area contributed by atoms with Crippen LogP contribution >= 0.6 is 11.3 Å². The van der Waals surface area contributed by atoms with Crippen LogP contribution in [0.5, 0.6) is 0 Å². The van der Waals surface area contributed by atoms with Crippen LogP contribution in [0.4, 0.5) is 35.9 Å². The number of hydrogen-bond acceptors (Lipinski definition) is 4. The highest BCUT2D eigenvalue weighted by molar-refractivity contribution is 7.22. The standard InChI is InChI=1S/C21H15F7N2O2S/c22-14-3-4-16-17(9-14)33-19(29-16)30(10-15-2-1-5-32-15)18(31)11-6-12(20(23,24)25)8-13(7-11)21(26,27)28/h3-4,6-9,15H,1-2,5,10H2. The van der Waals surface area contributed by atoms with Gasteiger partial charge in [0.25, 0.3) is 5.91 Å². The Hall–Kier alpha value is -2.73. The molecule has 4 rings (SSSR count). The maximum absolute atomic E-state index is 13.6. The van der Waals surface area contributed by atoms with Crippen molar-refractivity contribution in [1.29, 1.82) is 0 Å². The van der Waals surface area contributed by atoms with E-state index in [0.717, 1.165) is 22.3 Å². The maximum Gasteiger partial charge on any atom is 0.416 e. The van der Waals surface area contributed by atoms with Crippen molar-refractivity contribution in [2.75, 3.05) is 18.1 Å². The molecule has 33 heavy (non-hydrogen) atoms. The Balaban J connectivity index is 1.80. The molecule has 1 unspecified atom stereocenters. The summed E-state index contributed by atoms with van der Waals surface area (Å²) in [4.78, 5) is 18.5. The second kappa shape index (κ2) is 8.56. The van der Waals surface area contributed by atoms with Crippen molar-refractivity contribution in [2.45, 2.75) is 31.3 Å². The molecule has 0 aliphatic carbocycles. The van der Waals surface area contributed by atoms with Gasteiger partial charge < -0.3 is 4.74 Å². The number of aromatic nitrogens is 1. The number of carbonyl (C=O) groups excluding carboxylic acids is 1. The molecule has 2 heterocycles. The van der Waals surface area contributed by atoms with E-state index >= 15 is 0 Å². The lowest BCUT2D eigenvalue weighted by molar-refractivity contribution is -0.143. The van der Waals surface area contributed by atoms with Gasteiger partial charge in [-0.25, -0.2) is 9.37 Å². The fourth-order valence-electron chi connectivity index (χ4n) is 3.48. The number of rotatable bonds is 4. The molecule has 2 aromatic carbocycles. The Bertz CT molecular complexity index is 1150. The number of benzene rings is 2. The Kier molecular flexibility index (Phi) is 6.08. The third-order valence-electron chi connectivity index (χ3n) is 5.06. The normalized spacial score (nSPS) is 17.0. The van der Waals surface area contributed by atoms with Gasteiger partial charge >= 0.3 is 12.4 Å². The first-order valence-corrected chi connectivity index (χ1v) is 10.5. The summed E-state index contributed by atoms with van der Waals surface area (Å²) < 4.78 is 99.1. The number of nitrogens with zero attached hydrogens (tertiary/aromatic N) is 2. The molecule has 1 amide bonds. The summed E-state index contributed by atoms with van der Waals surface area (Å²) in [6, 6.07) is 4.42. The fraction of sp³-hybridized carbons (Fsp3) is 0.333. The van der Waals surface area contributed by atoms with Crippen LogP contribution in [0.3, 0.4) is 0 Å². The summed E-state index contributed by atoms with van der Waals surface area (Å²) >= 11 is 0.899. The molecule has 1 saturated heterocycles. The topological polar surface area (TPSA) is 42.4 Å². The first kappa shape index (κ1) is 23.4. The first-order chi connectivity index (χ1) is 15.4. The van der Waals surface area contributed by atoms with Crippen LogP contribution in [-0.4, -0.2) is 30.1 Å². The molecular formula is C21H15F7N2O2S. The second-order valence-corrected chi connectivity index (χ2v) is 8.46. The van der Waals surface area contributed by atoms with E-state index in [1.54, 1.807) is 0 Å². The minimum atomic E-state index is -5.09. The van der Waals surface area contributed by atoms with Crippen molar-refractivity contribution in [1.82, 2.24) is 4.98 Å². The lowest BCUT2D eigenvalue weighted by Crippen LogP contribution is -2.37. The third-order valence-corrected chi connectivity index (χ3v) is 6.10. The SMILES string of the molecule is O=C(c1cc(C(F)(F)F)cc(C(F)(F)F)c1)N(CC1CCCO1)c1nc2ccc(F)cc2s1. The summed E-state index contributed by atoms with van der Waals surface area (Å²) in [6.45, 7) is 0.290. The van der Waals surface area contributed by atoms with Crippen LogP contribution in [0.25, 0.3) is 10.2 Å². The summed E-state index contributed by atoms with van der Waals surface area (Å²) in [7, 11) is 0. The average Bonchev–Trinajstić information content (AvgIpc) is 3.39. The number of halogens is 7. The molecule has 3 aromatic rings. The summed E-state index contributed by atoms with van der Waals surface area (Å²) in [6.07, 6.45) is -9.41. The Morgan fingerprint density at radius 2 is 1.73 bits per heavy atom. The highest BCUT2D eigenvalue weighted by Crippen LogP contribution is 2.37. The van der Waals surface area contributed by atoms with Gasteiger partial charge in [-0.3, -0.25) is 9.69 Å². The zero-order valence-electron chi connectivity index (χ0n) is 16.6. The molecule has 1 aliphatic heterocycles. The quantitative estimate of drug-likeness (QED) is 0.402. The van der Waals surface area contributed by atoms with E-state index in [2.05, 4.69) is 4.98 Å². The van der Waals surface area contributed by atoms with E-state index < -0.39 is 46.9 Å². The van der Waals surface area contributed by atoms with E-state index in [0.29, 0.717) is 41.8 Å². The number of thiazole rings is 1. The van der Waals surface area contributed by atoms with E-state index in [-0.39, 0.29) is 17.7 Å². The second-order valence-electron chi connectivity index (χ2n) is 7.45. The zero-order chi connectivity index (χ0) is 24.0. The Labute approximate surface area is 186 Å². The summed E-state index contributed by atoms with van der Waals surface area (Å²) in [5.41, 5.74) is -3.64. The van der Waals surface area contributed by atoms with Gasteiger partial charge in [0.1, 0.15) is 5.82 Å². The predicted octanol–water partition coefficient (Wildman–Crippen LogP) is 6.30. The van der Waals surface area contributed by atoms with Crippen molar-refractivity contribution in [3.63, 3.8) is 0 Å². The average molecular weight is 492 g/mol. The molecule has 0 bridgehead atoms. The van der Waals surface area contributed by atoms with Crippen LogP contribution in [0.15, 0.2) is 36.4 Å². The van der Waals surface area contributed by atoms with Crippen molar-refractivity contribution >= 4 is 32.6 Å². The molecule has 0 radical (unpaired) electrons. The molecule has 0 spiro atoms. The number of amides is 1. The van der Waals surface area contributed by atoms with E-state index in [4.69, 9.17) is 4.74 Å². The first-order valence-electron chi connectivity index (χ1n) is 9.71. The Morgan fingerprint density at radius 3 is 2.30 bits per heavy atom. The minimum absolute atomic E-state index is 0.0158. The molecule has 4 nitrogen and oxygen atoms in total. The fourth-order valence-corrected chi connectivity index (χ4v) is 4.47. The van der Waals surface area contributed by atoms with Gasteiger partial charge in [-0.15, -0.1) is 0 Å². The van der Waals surface area contributed by atoms with Gasteiger partial charge in [0.2, 0.25) is 0 Å². The van der Waals surface area contributed by atoms with Gasteiger partial charge in [-0.2, -0.15) is 26.3 Å².